The van der Waals surface area contributed by atoms with Gasteiger partial charge in [-0.05, 0) is 116 Å². The van der Waals surface area contributed by atoms with Crippen LogP contribution in [0.1, 0.15) is 91.2 Å². The van der Waals surface area contributed by atoms with Gasteiger partial charge in [0.25, 0.3) is 0 Å². The third-order valence-corrected chi connectivity index (χ3v) is 13.5. The summed E-state index contributed by atoms with van der Waals surface area (Å²) < 4.78 is 28.8. The lowest BCUT2D eigenvalue weighted by Crippen LogP contribution is -2.47. The zero-order valence-corrected chi connectivity index (χ0v) is 40.7. The van der Waals surface area contributed by atoms with E-state index >= 15 is 0 Å². The van der Waals surface area contributed by atoms with Crippen molar-refractivity contribution >= 4 is 73.2 Å². The number of nitrogens with zero attached hydrogens (tertiary/aromatic N) is 1. The van der Waals surface area contributed by atoms with E-state index in [-0.39, 0.29) is 58.4 Å². The molecule has 12 nitrogen and oxygen atoms in total. The van der Waals surface area contributed by atoms with Gasteiger partial charge >= 0.3 is 23.9 Å². The fourth-order valence-electron chi connectivity index (χ4n) is 9.92. The molecule has 1 aliphatic rings. The second-order valence-corrected chi connectivity index (χ2v) is 19.9. The molecule has 0 spiro atoms. The lowest BCUT2D eigenvalue weighted by molar-refractivity contribution is -0.173. The van der Waals surface area contributed by atoms with Crippen molar-refractivity contribution < 1.29 is 52.8 Å². The van der Waals surface area contributed by atoms with Gasteiger partial charge in [0.05, 0.1) is 60.4 Å². The Morgan fingerprint density at radius 2 is 1.07 bits per heavy atom. The van der Waals surface area contributed by atoms with Crippen LogP contribution in [0.15, 0.2) is 114 Å². The van der Waals surface area contributed by atoms with E-state index in [2.05, 4.69) is 41.6 Å². The van der Waals surface area contributed by atoms with Gasteiger partial charge in [-0.3, -0.25) is 19.2 Å². The lowest BCUT2D eigenvalue weighted by Gasteiger charge is -2.42. The van der Waals surface area contributed by atoms with Crippen molar-refractivity contribution in [3.05, 3.63) is 120 Å². The maximum Gasteiger partial charge on any atom is 0.312 e. The summed E-state index contributed by atoms with van der Waals surface area (Å²) in [6.45, 7) is 10.5. The monoisotopic (exact) mass is 939 g/mol. The molecule has 0 aromatic heterocycles. The Hall–Kier alpha value is -6.37. The van der Waals surface area contributed by atoms with E-state index in [1.54, 1.807) is 40.8 Å². The number of carbonyl (C=O) groups is 4. The first-order valence-corrected chi connectivity index (χ1v) is 24.0. The molecular weight excluding hydrogens is 875 g/mol. The topological polar surface area (TPSA) is 160 Å². The van der Waals surface area contributed by atoms with Gasteiger partial charge in [0.1, 0.15) is 19.8 Å². The molecule has 1 fully saturated rings. The number of oxime groups is 1. The molecule has 6 aromatic carbocycles. The number of ether oxygens (including phenoxy) is 5. The molecule has 0 bridgehead atoms. The van der Waals surface area contributed by atoms with Crippen LogP contribution in [0.5, 0.6) is 0 Å². The van der Waals surface area contributed by atoms with Crippen LogP contribution in [0, 0.1) is 21.7 Å². The Kier molecular flexibility index (Phi) is 16.1. The molecule has 0 radical (unpaired) electrons. The smallest absolute Gasteiger partial charge is 0.312 e. The molecule has 364 valence electrons. The Balaban J connectivity index is 1.05. The summed E-state index contributed by atoms with van der Waals surface area (Å²) in [6.07, 6.45) is 2.58. The van der Waals surface area contributed by atoms with Crippen molar-refractivity contribution in [3.8, 4) is 0 Å². The van der Waals surface area contributed by atoms with Crippen molar-refractivity contribution in [1.29, 1.82) is 0 Å². The molecule has 6 aromatic rings. The predicted molar refractivity (Wildman–Crippen MR) is 267 cm³/mol. The highest BCUT2D eigenvalue weighted by Gasteiger charge is 2.53. The Morgan fingerprint density at radius 1 is 0.609 bits per heavy atom. The average molecular weight is 940 g/mol. The molecule has 0 aliphatic carbocycles. The Bertz CT molecular complexity index is 2730. The summed E-state index contributed by atoms with van der Waals surface area (Å²) in [5.74, 6) is -2.38. The molecule has 1 heterocycles. The number of epoxide rings is 1. The zero-order valence-electron chi connectivity index (χ0n) is 40.7. The summed E-state index contributed by atoms with van der Waals surface area (Å²) >= 11 is 0. The van der Waals surface area contributed by atoms with Gasteiger partial charge < -0.3 is 33.6 Å². The summed E-state index contributed by atoms with van der Waals surface area (Å²) in [4.78, 5) is 62.7. The van der Waals surface area contributed by atoms with Crippen LogP contribution in [0.25, 0.3) is 43.1 Å². The first kappa shape index (κ1) is 50.5. The minimum Gasteiger partial charge on any atom is -0.465 e. The van der Waals surface area contributed by atoms with E-state index in [9.17, 15) is 24.3 Å². The average Bonchev–Trinajstić information content (AvgIpc) is 4.17. The van der Waals surface area contributed by atoms with Gasteiger partial charge in [-0.25, -0.2) is 0 Å². The van der Waals surface area contributed by atoms with Crippen LogP contribution in [0.2, 0.25) is 0 Å². The molecule has 4 unspecified atom stereocenters. The maximum absolute atomic E-state index is 14.5. The van der Waals surface area contributed by atoms with Crippen LogP contribution < -0.4 is 0 Å². The van der Waals surface area contributed by atoms with Gasteiger partial charge in [-0.15, -0.1) is 0 Å². The number of hydrogen-bond acceptors (Lipinski definition) is 12. The first-order valence-electron chi connectivity index (χ1n) is 24.0. The van der Waals surface area contributed by atoms with Crippen molar-refractivity contribution in [1.82, 2.24) is 0 Å². The molecule has 1 aliphatic heterocycles. The number of carbonyl (C=O) groups excluding carboxylic acids is 4. The number of benzene rings is 6. The van der Waals surface area contributed by atoms with Crippen LogP contribution in [0.4, 0.5) is 0 Å². The van der Waals surface area contributed by atoms with Crippen molar-refractivity contribution in [3.63, 3.8) is 0 Å². The summed E-state index contributed by atoms with van der Waals surface area (Å²) in [5, 5.41) is 22.2. The normalized spacial score (nSPS) is 16.4. The Morgan fingerprint density at radius 3 is 1.61 bits per heavy atom. The second kappa shape index (κ2) is 21.9. The quantitative estimate of drug-likeness (QED) is 0.0117. The van der Waals surface area contributed by atoms with Gasteiger partial charge in [-0.1, -0.05) is 109 Å². The van der Waals surface area contributed by atoms with Gasteiger partial charge in [0, 0.05) is 24.0 Å². The number of fused-ring (bicyclic) bond motifs is 4. The number of rotatable bonds is 24. The highest BCUT2D eigenvalue weighted by molar-refractivity contribution is 6.13. The highest BCUT2D eigenvalue weighted by Crippen LogP contribution is 2.50. The SMILES string of the molecule is CCC(C)(CC(C)(CC(C)(CC(C)(C)C(=O)OCCCON=Cc1c2ccccc2cc2ccccc12)C(=O)OCCO)C(=O)OCCC1CO1)C(=O)OCc1c2ccccc2cc2ccccc12. The van der Waals surface area contributed by atoms with Crippen LogP contribution in [0.3, 0.4) is 0 Å². The van der Waals surface area contributed by atoms with E-state index < -0.39 is 52.1 Å². The maximum atomic E-state index is 14.5. The number of aliphatic hydroxyl groups is 1. The summed E-state index contributed by atoms with van der Waals surface area (Å²) in [6, 6.07) is 36.4. The standard InChI is InChI=1S/C57H65NO11/c1-7-55(4,51(61)68-35-49-46-23-14-10-19-41(46)32-42-20-11-15-24-47(42)49)37-57(6,53(63)65-29-25-43-34-67-43)38-56(5,52(62)66-30-26-59)36-54(2,3)50(60)64-27-16-28-69-58-33-48-44-21-12-8-17-39(44)31-40-18-9-13-22-45(40)48/h8-15,17-24,31-33,43,59H,7,16,25-30,34-38H2,1-6H3. The fraction of sp³-hybridized carbons (Fsp3) is 0.421. The Labute approximate surface area is 404 Å². The minimum atomic E-state index is -1.50. The summed E-state index contributed by atoms with van der Waals surface area (Å²) in [5.41, 5.74) is -3.63. The van der Waals surface area contributed by atoms with Crippen LogP contribution in [-0.4, -0.2) is 80.9 Å². The fourth-order valence-corrected chi connectivity index (χ4v) is 9.92. The van der Waals surface area contributed by atoms with Gasteiger partial charge in [0.15, 0.2) is 0 Å². The summed E-state index contributed by atoms with van der Waals surface area (Å²) in [7, 11) is 0. The van der Waals surface area contributed by atoms with Gasteiger partial charge in [-0.2, -0.15) is 0 Å². The van der Waals surface area contributed by atoms with E-state index in [1.807, 2.05) is 79.7 Å². The van der Waals surface area contributed by atoms with Crippen LogP contribution >= 0.6 is 0 Å². The van der Waals surface area contributed by atoms with Gasteiger partial charge in [0.2, 0.25) is 0 Å². The third-order valence-electron chi connectivity index (χ3n) is 13.5. The number of aliphatic hydroxyl groups excluding tert-OH is 1. The number of esters is 4. The third kappa shape index (κ3) is 12.1. The first-order chi connectivity index (χ1) is 33.1. The largest absolute Gasteiger partial charge is 0.465 e. The predicted octanol–water partition coefficient (Wildman–Crippen LogP) is 10.8. The van der Waals surface area contributed by atoms with Crippen molar-refractivity contribution in [2.45, 2.75) is 92.8 Å². The van der Waals surface area contributed by atoms with Crippen LogP contribution in [-0.2, 0) is 54.3 Å². The molecule has 0 saturated carbocycles. The molecular formula is C57H65NO11. The van der Waals surface area contributed by atoms with E-state index in [0.29, 0.717) is 25.9 Å². The van der Waals surface area contributed by atoms with E-state index in [1.165, 1.54) is 0 Å². The van der Waals surface area contributed by atoms with E-state index in [0.717, 1.165) is 54.2 Å². The molecule has 7 rings (SSSR count). The zero-order chi connectivity index (χ0) is 49.2. The van der Waals surface area contributed by atoms with Crippen molar-refractivity contribution in [2.75, 3.05) is 39.6 Å². The second-order valence-electron chi connectivity index (χ2n) is 19.9. The molecule has 1 saturated heterocycles. The molecule has 1 N–H and O–H groups in total. The minimum absolute atomic E-state index is 0.00220. The lowest BCUT2D eigenvalue weighted by atomic mass is 9.61. The van der Waals surface area contributed by atoms with E-state index in [4.69, 9.17) is 28.5 Å². The molecule has 0 amide bonds. The number of hydrogen-bond donors (Lipinski definition) is 1. The van der Waals surface area contributed by atoms with Crippen molar-refractivity contribution in [2.24, 2.45) is 26.8 Å². The molecule has 69 heavy (non-hydrogen) atoms. The highest BCUT2D eigenvalue weighted by atomic mass is 16.6. The molecule has 4 atom stereocenters. The molecule has 12 heteroatoms.